The minimum atomic E-state index is -0.617. The van der Waals surface area contributed by atoms with E-state index in [1.165, 1.54) is 6.33 Å². The monoisotopic (exact) mass is 308 g/mol. The molecule has 0 aliphatic carbocycles. The van der Waals surface area contributed by atoms with Gasteiger partial charge in [-0.25, -0.2) is 9.97 Å². The minimum Gasteiger partial charge on any atom is -0.277 e. The van der Waals surface area contributed by atoms with Gasteiger partial charge in [0.1, 0.15) is 6.33 Å². The van der Waals surface area contributed by atoms with Crippen molar-refractivity contribution in [1.82, 2.24) is 24.6 Å². The van der Waals surface area contributed by atoms with E-state index in [2.05, 4.69) is 20.2 Å². The summed E-state index contributed by atoms with van der Waals surface area (Å²) in [6, 6.07) is 5.41. The molecule has 3 rings (SSSR count). The maximum Gasteiger partial charge on any atom is 0.338 e. The summed E-state index contributed by atoms with van der Waals surface area (Å²) in [7, 11) is 0. The van der Waals surface area contributed by atoms with Gasteiger partial charge in [0.25, 0.3) is 0 Å². The number of rotatable bonds is 3. The molecule has 0 fully saturated rings. The van der Waals surface area contributed by atoms with E-state index in [1.807, 2.05) is 12.1 Å². The van der Waals surface area contributed by atoms with E-state index in [0.29, 0.717) is 10.8 Å². The standard InChI is InChI=1S/C10H5ClN6O2S/c11-8-7(17(18)19)9(13-5-12-8)20-10-15-14-6-3-1-2-4-16(6)10/h1-5H. The Morgan fingerprint density at radius 1 is 1.30 bits per heavy atom. The molecule has 0 aliphatic heterocycles. The molecule has 20 heavy (non-hydrogen) atoms. The first-order valence-electron chi connectivity index (χ1n) is 5.29. The van der Waals surface area contributed by atoms with Gasteiger partial charge in [0.05, 0.1) is 4.92 Å². The number of nitro groups is 1. The van der Waals surface area contributed by atoms with Crippen LogP contribution in [0.4, 0.5) is 5.69 Å². The number of aromatic nitrogens is 5. The van der Waals surface area contributed by atoms with Gasteiger partial charge in [-0.15, -0.1) is 10.2 Å². The zero-order valence-corrected chi connectivity index (χ0v) is 11.2. The quantitative estimate of drug-likeness (QED) is 0.415. The van der Waals surface area contributed by atoms with Crippen LogP contribution in [0, 0.1) is 10.1 Å². The molecule has 10 heteroatoms. The number of nitrogens with zero attached hydrogens (tertiary/aromatic N) is 6. The second-order valence-corrected chi connectivity index (χ2v) is 4.90. The van der Waals surface area contributed by atoms with Crippen LogP contribution in [0.3, 0.4) is 0 Å². The number of pyridine rings is 1. The molecule has 3 aromatic rings. The second-order valence-electron chi connectivity index (χ2n) is 3.59. The highest BCUT2D eigenvalue weighted by Gasteiger charge is 2.23. The Kier molecular flexibility index (Phi) is 3.20. The molecule has 8 nitrogen and oxygen atoms in total. The fraction of sp³-hybridized carbons (Fsp3) is 0. The Labute approximate surface area is 121 Å². The third-order valence-corrected chi connectivity index (χ3v) is 3.63. The lowest BCUT2D eigenvalue weighted by Gasteiger charge is -2.01. The van der Waals surface area contributed by atoms with Crippen molar-refractivity contribution in [2.75, 3.05) is 0 Å². The van der Waals surface area contributed by atoms with Crippen LogP contribution in [0.25, 0.3) is 5.65 Å². The van der Waals surface area contributed by atoms with Gasteiger partial charge in [-0.05, 0) is 23.9 Å². The lowest BCUT2D eigenvalue weighted by Crippen LogP contribution is -1.97. The number of halogens is 1. The SMILES string of the molecule is O=[N+]([O-])c1c(Cl)ncnc1Sc1nnc2ccccn12. The predicted molar refractivity (Wildman–Crippen MR) is 70.8 cm³/mol. The molecular weight excluding hydrogens is 304 g/mol. The Morgan fingerprint density at radius 3 is 2.95 bits per heavy atom. The Morgan fingerprint density at radius 2 is 2.15 bits per heavy atom. The van der Waals surface area contributed by atoms with Crippen LogP contribution in [0.2, 0.25) is 5.15 Å². The normalized spacial score (nSPS) is 10.8. The molecule has 100 valence electrons. The van der Waals surface area contributed by atoms with E-state index >= 15 is 0 Å². The fourth-order valence-corrected chi connectivity index (χ4v) is 2.68. The summed E-state index contributed by atoms with van der Waals surface area (Å²) in [4.78, 5) is 17.9. The van der Waals surface area contributed by atoms with E-state index in [0.717, 1.165) is 11.8 Å². The van der Waals surface area contributed by atoms with Gasteiger partial charge in [-0.1, -0.05) is 17.7 Å². The maximum absolute atomic E-state index is 11.0. The molecule has 0 amide bonds. The van der Waals surface area contributed by atoms with Crippen molar-refractivity contribution < 1.29 is 4.92 Å². The van der Waals surface area contributed by atoms with Gasteiger partial charge in [-0.3, -0.25) is 14.5 Å². The van der Waals surface area contributed by atoms with Gasteiger partial charge < -0.3 is 0 Å². The maximum atomic E-state index is 11.0. The molecular formula is C10H5ClN6O2S. The predicted octanol–water partition coefficient (Wildman–Crippen LogP) is 2.23. The van der Waals surface area contributed by atoms with E-state index in [1.54, 1.807) is 16.7 Å². The van der Waals surface area contributed by atoms with E-state index in [9.17, 15) is 10.1 Å². The van der Waals surface area contributed by atoms with Gasteiger partial charge >= 0.3 is 5.69 Å². The second kappa shape index (κ2) is 5.02. The van der Waals surface area contributed by atoms with Crippen molar-refractivity contribution in [3.05, 3.63) is 46.0 Å². The third kappa shape index (κ3) is 2.17. The molecule has 0 radical (unpaired) electrons. The molecule has 0 bridgehead atoms. The average molecular weight is 309 g/mol. The van der Waals surface area contributed by atoms with Crippen LogP contribution in [0.5, 0.6) is 0 Å². The molecule has 0 saturated heterocycles. The summed E-state index contributed by atoms with van der Waals surface area (Å²) in [6.07, 6.45) is 2.92. The molecule has 3 heterocycles. The molecule has 0 aliphatic rings. The number of fused-ring (bicyclic) bond motifs is 1. The van der Waals surface area contributed by atoms with Crippen molar-refractivity contribution in [2.24, 2.45) is 0 Å². The van der Waals surface area contributed by atoms with E-state index in [-0.39, 0.29) is 15.9 Å². The summed E-state index contributed by atoms with van der Waals surface area (Å²) in [6.45, 7) is 0. The Balaban J connectivity index is 2.08. The third-order valence-electron chi connectivity index (χ3n) is 2.40. The molecule has 0 unspecified atom stereocenters. The van der Waals surface area contributed by atoms with Gasteiger partial charge in [0, 0.05) is 6.20 Å². The minimum absolute atomic E-state index is 0.119. The smallest absolute Gasteiger partial charge is 0.277 e. The van der Waals surface area contributed by atoms with E-state index in [4.69, 9.17) is 11.6 Å². The first-order chi connectivity index (χ1) is 9.66. The van der Waals surface area contributed by atoms with Gasteiger partial charge in [0.15, 0.2) is 10.7 Å². The summed E-state index contributed by atoms with van der Waals surface area (Å²) < 4.78 is 1.70. The van der Waals surface area contributed by atoms with Crippen molar-refractivity contribution in [1.29, 1.82) is 0 Å². The summed E-state index contributed by atoms with van der Waals surface area (Å²) >= 11 is 6.74. The number of hydrogen-bond acceptors (Lipinski definition) is 7. The molecule has 0 atom stereocenters. The topological polar surface area (TPSA) is 99.1 Å². The molecule has 0 N–H and O–H groups in total. The zero-order chi connectivity index (χ0) is 14.1. The lowest BCUT2D eigenvalue weighted by atomic mass is 10.5. The summed E-state index contributed by atoms with van der Waals surface area (Å²) in [5.74, 6) is 0. The van der Waals surface area contributed by atoms with Crippen LogP contribution in [0.15, 0.2) is 40.9 Å². The molecule has 3 aromatic heterocycles. The van der Waals surface area contributed by atoms with Crippen LogP contribution in [-0.4, -0.2) is 29.5 Å². The first kappa shape index (κ1) is 12.8. The highest BCUT2D eigenvalue weighted by Crippen LogP contribution is 2.35. The van der Waals surface area contributed by atoms with Crippen molar-refractivity contribution >= 4 is 34.7 Å². The van der Waals surface area contributed by atoms with Crippen LogP contribution < -0.4 is 0 Å². The van der Waals surface area contributed by atoms with E-state index < -0.39 is 4.92 Å². The highest BCUT2D eigenvalue weighted by molar-refractivity contribution is 7.99. The van der Waals surface area contributed by atoms with Crippen LogP contribution in [0.1, 0.15) is 0 Å². The van der Waals surface area contributed by atoms with Crippen molar-refractivity contribution in [3.8, 4) is 0 Å². The summed E-state index contributed by atoms with van der Waals surface area (Å²) in [5.41, 5.74) is 0.296. The highest BCUT2D eigenvalue weighted by atomic mass is 35.5. The van der Waals surface area contributed by atoms with Crippen LogP contribution >= 0.6 is 23.4 Å². The average Bonchev–Trinajstić information content (AvgIpc) is 2.82. The first-order valence-corrected chi connectivity index (χ1v) is 6.49. The Hall–Kier alpha value is -2.26. The lowest BCUT2D eigenvalue weighted by molar-refractivity contribution is -0.388. The zero-order valence-electron chi connectivity index (χ0n) is 9.67. The molecule has 0 saturated carbocycles. The van der Waals surface area contributed by atoms with Gasteiger partial charge in [-0.2, -0.15) is 0 Å². The Bertz CT molecular complexity index is 807. The summed E-state index contributed by atoms with van der Waals surface area (Å²) in [5, 5.41) is 19.3. The fourth-order valence-electron chi connectivity index (χ4n) is 1.55. The van der Waals surface area contributed by atoms with Crippen LogP contribution in [-0.2, 0) is 0 Å². The van der Waals surface area contributed by atoms with Crippen molar-refractivity contribution in [3.63, 3.8) is 0 Å². The molecule has 0 aromatic carbocycles. The van der Waals surface area contributed by atoms with Gasteiger partial charge in [0.2, 0.25) is 10.3 Å². The molecule has 0 spiro atoms. The largest absolute Gasteiger partial charge is 0.338 e. The number of hydrogen-bond donors (Lipinski definition) is 0. The van der Waals surface area contributed by atoms with Crippen molar-refractivity contribution in [2.45, 2.75) is 10.2 Å².